The molecule has 2 N–H and O–H groups in total. The Morgan fingerprint density at radius 3 is 1.13 bits per heavy atom. The van der Waals surface area contributed by atoms with E-state index in [1.807, 2.05) is 53.7 Å². The zero-order valence-electron chi connectivity index (χ0n) is 31.6. The number of para-hydroxylation sites is 4. The number of rotatable bonds is 0. The van der Waals surface area contributed by atoms with Crippen LogP contribution in [-0.4, -0.2) is 69.7 Å². The molecule has 1 aliphatic heterocycles. The molecule has 12 nitrogen and oxygen atoms in total. The second-order valence-electron chi connectivity index (χ2n) is 14.6. The first-order valence-corrected chi connectivity index (χ1v) is 20.7. The number of hydrogen-bond donors (Lipinski definition) is 2. The van der Waals surface area contributed by atoms with Crippen molar-refractivity contribution in [3.05, 3.63) is 96.1 Å². The zero-order chi connectivity index (χ0) is 39.0. The molecule has 292 valence electrons. The smallest absolute Gasteiger partial charge is 0.265 e. The van der Waals surface area contributed by atoms with Crippen molar-refractivity contribution in [1.29, 1.82) is 0 Å². The van der Waals surface area contributed by atoms with Crippen LogP contribution in [0.1, 0.15) is 52.7 Å². The molecule has 0 aliphatic carbocycles. The molecular formula is C40H50N2O10S2. The monoisotopic (exact) mass is 782 g/mol. The van der Waals surface area contributed by atoms with E-state index in [0.29, 0.717) is 11.5 Å². The minimum absolute atomic E-state index is 0.0274. The molecule has 5 rings (SSSR count). The molecule has 54 heavy (non-hydrogen) atoms. The Kier molecular flexibility index (Phi) is 13.0. The van der Waals surface area contributed by atoms with Crippen molar-refractivity contribution < 1.29 is 45.3 Å². The predicted molar refractivity (Wildman–Crippen MR) is 208 cm³/mol. The van der Waals surface area contributed by atoms with Crippen LogP contribution >= 0.6 is 0 Å². The van der Waals surface area contributed by atoms with Crippen LogP contribution in [0.2, 0.25) is 0 Å². The summed E-state index contributed by atoms with van der Waals surface area (Å²) in [5.41, 5.74) is 1.47. The van der Waals surface area contributed by atoms with Gasteiger partial charge in [0, 0.05) is 0 Å². The molecule has 4 aromatic rings. The van der Waals surface area contributed by atoms with Crippen molar-refractivity contribution in [2.24, 2.45) is 0 Å². The van der Waals surface area contributed by atoms with Crippen molar-refractivity contribution >= 4 is 31.4 Å². The van der Waals surface area contributed by atoms with E-state index in [1.54, 1.807) is 72.8 Å². The molecular weight excluding hydrogens is 733 g/mol. The van der Waals surface area contributed by atoms with Gasteiger partial charge in [0.1, 0.15) is 59.2 Å². The van der Waals surface area contributed by atoms with Crippen LogP contribution in [0.25, 0.3) is 0 Å². The summed E-state index contributed by atoms with van der Waals surface area (Å²) in [6.07, 6.45) is 0. The van der Waals surface area contributed by atoms with Crippen LogP contribution in [0.4, 0.5) is 11.4 Å². The van der Waals surface area contributed by atoms with Gasteiger partial charge < -0.3 is 28.4 Å². The first-order chi connectivity index (χ1) is 25.5. The molecule has 0 unspecified atom stereocenters. The topological polar surface area (TPSA) is 148 Å². The van der Waals surface area contributed by atoms with E-state index in [-0.39, 0.29) is 96.3 Å². The fraction of sp³-hybridized carbons (Fsp3) is 0.400. The predicted octanol–water partition coefficient (Wildman–Crippen LogP) is 7.15. The summed E-state index contributed by atoms with van der Waals surface area (Å²) in [5, 5.41) is 0. The number of anilines is 2. The minimum atomic E-state index is -4.14. The maximum absolute atomic E-state index is 13.9. The van der Waals surface area contributed by atoms with Crippen molar-refractivity contribution in [3.8, 4) is 23.0 Å². The van der Waals surface area contributed by atoms with Crippen LogP contribution < -0.4 is 28.4 Å². The molecule has 1 heterocycles. The lowest BCUT2D eigenvalue weighted by Gasteiger charge is -2.22. The summed E-state index contributed by atoms with van der Waals surface area (Å²) >= 11 is 0. The highest BCUT2D eigenvalue weighted by atomic mass is 32.2. The summed E-state index contributed by atoms with van der Waals surface area (Å²) in [6, 6.07) is 23.7. The van der Waals surface area contributed by atoms with Crippen molar-refractivity contribution in [3.63, 3.8) is 0 Å². The van der Waals surface area contributed by atoms with Crippen LogP contribution in [0.5, 0.6) is 23.0 Å². The maximum atomic E-state index is 13.9. The quantitative estimate of drug-likeness (QED) is 0.189. The maximum Gasteiger partial charge on any atom is 0.265 e. The number of fused-ring (bicyclic) bond motifs is 4. The standard InChI is InChI=1S/C40H50N2O10S2/c1-39(2,3)29-15-17-35-37(27-29)53(43,44)41-31-11-7-9-13-33(31)49-23-19-47-20-24-50-34-14-10-8-12-32(34)42-54(45,46)38-28-30(40(4,5)6)16-18-36(38)52-26-22-48-21-25-51-35/h7-18,27-28,41-42H,19-26H2,1-6H3. The lowest BCUT2D eigenvalue weighted by atomic mass is 9.87. The van der Waals surface area contributed by atoms with Gasteiger partial charge in [-0.15, -0.1) is 0 Å². The molecule has 1 aliphatic rings. The molecule has 0 bridgehead atoms. The third kappa shape index (κ3) is 10.8. The molecule has 0 saturated carbocycles. The lowest BCUT2D eigenvalue weighted by molar-refractivity contribution is 0.0750. The second kappa shape index (κ2) is 17.3. The number of ether oxygens (including phenoxy) is 6. The Balaban J connectivity index is 1.41. The SMILES string of the molecule is CC(C)(C)c1ccc2c(c1)S(=O)(=O)Nc1ccccc1OCCOCCOc1ccccc1NS(=O)(=O)c1cc(C(C)(C)C)ccc1OCCOCCO2. The number of hydrogen-bond acceptors (Lipinski definition) is 10. The Hall–Kier alpha value is -4.50. The zero-order valence-corrected chi connectivity index (χ0v) is 33.3. The Labute approximate surface area is 319 Å². The van der Waals surface area contributed by atoms with Gasteiger partial charge in [0.2, 0.25) is 0 Å². The van der Waals surface area contributed by atoms with Crippen LogP contribution in [0.3, 0.4) is 0 Å². The van der Waals surface area contributed by atoms with E-state index in [2.05, 4.69) is 9.44 Å². The molecule has 0 aromatic heterocycles. The molecule has 0 atom stereocenters. The van der Waals surface area contributed by atoms with Gasteiger partial charge in [0.15, 0.2) is 0 Å². The normalized spacial score (nSPS) is 17.4. The van der Waals surface area contributed by atoms with E-state index >= 15 is 0 Å². The lowest BCUT2D eigenvalue weighted by Crippen LogP contribution is -2.20. The fourth-order valence-electron chi connectivity index (χ4n) is 5.41. The van der Waals surface area contributed by atoms with Gasteiger partial charge in [-0.2, -0.15) is 0 Å². The van der Waals surface area contributed by atoms with Gasteiger partial charge in [0.25, 0.3) is 20.0 Å². The fourth-order valence-corrected chi connectivity index (χ4v) is 7.89. The molecule has 4 aromatic carbocycles. The molecule has 0 saturated heterocycles. The van der Waals surface area contributed by atoms with E-state index < -0.39 is 20.0 Å². The van der Waals surface area contributed by atoms with Gasteiger partial charge >= 0.3 is 0 Å². The van der Waals surface area contributed by atoms with Gasteiger partial charge in [-0.1, -0.05) is 77.9 Å². The molecule has 0 fully saturated rings. The minimum Gasteiger partial charge on any atom is -0.490 e. The van der Waals surface area contributed by atoms with E-state index in [0.717, 1.165) is 11.1 Å². The molecule has 0 radical (unpaired) electrons. The summed E-state index contributed by atoms with van der Waals surface area (Å²) in [5.74, 6) is 0.969. The Bertz CT molecular complexity index is 1960. The van der Waals surface area contributed by atoms with Crippen LogP contribution in [-0.2, 0) is 40.4 Å². The number of sulfonamides is 2. The average Bonchev–Trinajstić information content (AvgIpc) is 3.10. The Morgan fingerprint density at radius 2 is 0.778 bits per heavy atom. The van der Waals surface area contributed by atoms with E-state index in [4.69, 9.17) is 28.4 Å². The average molecular weight is 783 g/mol. The molecule has 0 amide bonds. The number of benzene rings is 4. The van der Waals surface area contributed by atoms with Gasteiger partial charge in [-0.3, -0.25) is 9.44 Å². The van der Waals surface area contributed by atoms with Crippen molar-refractivity contribution in [2.75, 3.05) is 62.3 Å². The van der Waals surface area contributed by atoms with E-state index in [1.165, 1.54) is 0 Å². The summed E-state index contributed by atoms with van der Waals surface area (Å²) < 4.78 is 96.3. The molecule has 0 spiro atoms. The van der Waals surface area contributed by atoms with Crippen molar-refractivity contribution in [2.45, 2.75) is 62.2 Å². The van der Waals surface area contributed by atoms with Gasteiger partial charge in [-0.05, 0) is 70.5 Å². The number of nitrogens with one attached hydrogen (secondary N) is 2. The highest BCUT2D eigenvalue weighted by Crippen LogP contribution is 2.36. The highest BCUT2D eigenvalue weighted by molar-refractivity contribution is 7.93. The summed E-state index contributed by atoms with van der Waals surface area (Å²) in [7, 11) is -8.28. The van der Waals surface area contributed by atoms with Crippen molar-refractivity contribution in [1.82, 2.24) is 0 Å². The van der Waals surface area contributed by atoms with Gasteiger partial charge in [-0.25, -0.2) is 16.8 Å². The third-order valence-electron chi connectivity index (χ3n) is 8.40. The first-order valence-electron chi connectivity index (χ1n) is 17.7. The summed E-state index contributed by atoms with van der Waals surface area (Å²) in [6.45, 7) is 12.9. The summed E-state index contributed by atoms with van der Waals surface area (Å²) in [4.78, 5) is -0.0547. The first kappa shape index (κ1) is 40.7. The van der Waals surface area contributed by atoms with E-state index in [9.17, 15) is 16.8 Å². The Morgan fingerprint density at radius 1 is 0.444 bits per heavy atom. The second-order valence-corrected chi connectivity index (χ2v) is 17.9. The third-order valence-corrected chi connectivity index (χ3v) is 11.2. The van der Waals surface area contributed by atoms with Gasteiger partial charge in [0.05, 0.1) is 37.8 Å². The highest BCUT2D eigenvalue weighted by Gasteiger charge is 2.27. The molecule has 14 heteroatoms. The van der Waals surface area contributed by atoms with Crippen LogP contribution in [0.15, 0.2) is 94.7 Å². The largest absolute Gasteiger partial charge is 0.490 e. The van der Waals surface area contributed by atoms with Crippen LogP contribution in [0, 0.1) is 0 Å².